The largest absolute Gasteiger partial charge is 0.480 e. The van der Waals surface area contributed by atoms with E-state index in [1.54, 1.807) is 12.1 Å². The van der Waals surface area contributed by atoms with E-state index in [9.17, 15) is 17.6 Å². The maximum atomic E-state index is 14.0. The molecule has 1 atom stereocenters. The van der Waals surface area contributed by atoms with Crippen molar-refractivity contribution in [1.82, 2.24) is 9.21 Å². The molecule has 0 amide bonds. The van der Waals surface area contributed by atoms with Crippen LogP contribution in [0.5, 0.6) is 0 Å². The molecule has 2 rings (SSSR count). The number of hydrogen-bond donors (Lipinski definition) is 1. The van der Waals surface area contributed by atoms with Gasteiger partial charge in [-0.05, 0) is 6.07 Å². The Morgan fingerprint density at radius 3 is 2.88 bits per heavy atom. The number of morpholine rings is 1. The summed E-state index contributed by atoms with van der Waals surface area (Å²) in [6, 6.07) is 4.77. The lowest BCUT2D eigenvalue weighted by Gasteiger charge is -2.34. The van der Waals surface area contributed by atoms with Crippen LogP contribution in [-0.2, 0) is 26.1 Å². The van der Waals surface area contributed by atoms with Crippen molar-refractivity contribution < 1.29 is 27.4 Å². The summed E-state index contributed by atoms with van der Waals surface area (Å²) in [5.41, 5.74) is 0.443. The number of carboxylic acid groups (broad SMARTS) is 1. The Morgan fingerprint density at radius 2 is 2.24 bits per heavy atom. The van der Waals surface area contributed by atoms with Crippen molar-refractivity contribution in [2.75, 3.05) is 39.0 Å². The van der Waals surface area contributed by atoms with Crippen molar-refractivity contribution in [3.63, 3.8) is 0 Å². The Morgan fingerprint density at radius 1 is 1.52 bits per heavy atom. The number of carboxylic acids is 1. The van der Waals surface area contributed by atoms with Gasteiger partial charge in [-0.15, -0.1) is 0 Å². The minimum absolute atomic E-state index is 0.0482. The molecule has 10 heteroatoms. The monoisotopic (exact) mass is 394 g/mol. The molecule has 1 heterocycles. The quantitative estimate of drug-likeness (QED) is 0.743. The molecule has 1 aliphatic heterocycles. The summed E-state index contributed by atoms with van der Waals surface area (Å²) >= 11 is 5.78. The van der Waals surface area contributed by atoms with Gasteiger partial charge >= 0.3 is 5.97 Å². The van der Waals surface area contributed by atoms with E-state index in [2.05, 4.69) is 0 Å². The number of benzene rings is 1. The zero-order valence-corrected chi connectivity index (χ0v) is 15.3. The van der Waals surface area contributed by atoms with Gasteiger partial charge in [0.15, 0.2) is 0 Å². The molecule has 0 aromatic heterocycles. The first kappa shape index (κ1) is 20.1. The molecule has 1 N–H and O–H groups in total. The van der Waals surface area contributed by atoms with Crippen LogP contribution < -0.4 is 0 Å². The third-order valence-corrected chi connectivity index (χ3v) is 5.34. The maximum absolute atomic E-state index is 14.0. The van der Waals surface area contributed by atoms with Crippen LogP contribution in [0.15, 0.2) is 18.2 Å². The van der Waals surface area contributed by atoms with Gasteiger partial charge in [0.25, 0.3) is 0 Å². The molecule has 1 saturated heterocycles. The number of aliphatic carboxylic acids is 1. The van der Waals surface area contributed by atoms with Gasteiger partial charge in [-0.2, -0.15) is 4.31 Å². The summed E-state index contributed by atoms with van der Waals surface area (Å²) in [5, 5.41) is 8.92. The van der Waals surface area contributed by atoms with Crippen molar-refractivity contribution >= 4 is 27.6 Å². The van der Waals surface area contributed by atoms with E-state index in [-0.39, 0.29) is 11.6 Å². The number of hydrogen-bond acceptors (Lipinski definition) is 5. The van der Waals surface area contributed by atoms with Gasteiger partial charge in [0.1, 0.15) is 12.4 Å². The van der Waals surface area contributed by atoms with Gasteiger partial charge in [-0.25, -0.2) is 12.8 Å². The number of halogens is 2. The number of rotatable bonds is 7. The van der Waals surface area contributed by atoms with Gasteiger partial charge in [-0.3, -0.25) is 9.69 Å². The maximum Gasteiger partial charge on any atom is 0.318 e. The summed E-state index contributed by atoms with van der Waals surface area (Å²) < 4.78 is 43.9. The predicted molar refractivity (Wildman–Crippen MR) is 90.5 cm³/mol. The van der Waals surface area contributed by atoms with E-state index in [0.717, 1.165) is 10.6 Å². The molecule has 0 saturated carbocycles. The van der Waals surface area contributed by atoms with Crippen LogP contribution in [0.3, 0.4) is 0 Å². The van der Waals surface area contributed by atoms with Crippen LogP contribution in [0.4, 0.5) is 4.39 Å². The minimum Gasteiger partial charge on any atom is -0.480 e. The van der Waals surface area contributed by atoms with E-state index in [1.807, 2.05) is 4.90 Å². The third-order valence-electron chi connectivity index (χ3n) is 3.84. The van der Waals surface area contributed by atoms with Crippen molar-refractivity contribution in [3.05, 3.63) is 34.6 Å². The van der Waals surface area contributed by atoms with Crippen molar-refractivity contribution in [2.45, 2.75) is 12.6 Å². The highest BCUT2D eigenvalue weighted by molar-refractivity contribution is 7.88. The first-order valence-corrected chi connectivity index (χ1v) is 9.83. The van der Waals surface area contributed by atoms with Crippen molar-refractivity contribution in [1.29, 1.82) is 0 Å². The normalized spacial score (nSPS) is 19.3. The van der Waals surface area contributed by atoms with E-state index < -0.39 is 34.5 Å². The molecule has 1 fully saturated rings. The number of sulfonamides is 1. The second kappa shape index (κ2) is 8.41. The van der Waals surface area contributed by atoms with Crippen LogP contribution in [-0.4, -0.2) is 73.8 Å². The smallest absolute Gasteiger partial charge is 0.318 e. The van der Waals surface area contributed by atoms with Crippen molar-refractivity contribution in [3.8, 4) is 0 Å². The molecular weight excluding hydrogens is 375 g/mol. The standard InChI is InChI=1S/C15H20ClFN2O5S/c1-25(22,23)19(10-14(20)21)9-12-8-18(5-6-24-12)7-11-3-2-4-13(16)15(11)17/h2-4,12H,5-10H2,1H3,(H,20,21). The molecule has 0 spiro atoms. The van der Waals surface area contributed by atoms with Crippen LogP contribution in [0.2, 0.25) is 5.02 Å². The summed E-state index contributed by atoms with van der Waals surface area (Å²) in [5.74, 6) is -1.71. The van der Waals surface area contributed by atoms with E-state index in [0.29, 0.717) is 31.8 Å². The summed E-state index contributed by atoms with van der Waals surface area (Å²) in [6.07, 6.45) is 0.461. The highest BCUT2D eigenvalue weighted by atomic mass is 35.5. The molecule has 1 aromatic carbocycles. The van der Waals surface area contributed by atoms with Gasteiger partial charge in [0.2, 0.25) is 10.0 Å². The number of nitrogens with zero attached hydrogens (tertiary/aromatic N) is 2. The fraction of sp³-hybridized carbons (Fsp3) is 0.533. The Kier molecular flexibility index (Phi) is 6.75. The van der Waals surface area contributed by atoms with E-state index in [4.69, 9.17) is 21.4 Å². The molecule has 25 heavy (non-hydrogen) atoms. The predicted octanol–water partition coefficient (Wildman–Crippen LogP) is 1.03. The van der Waals surface area contributed by atoms with Gasteiger partial charge in [-0.1, -0.05) is 23.7 Å². The fourth-order valence-corrected chi connectivity index (χ4v) is 3.62. The molecule has 7 nitrogen and oxygen atoms in total. The highest BCUT2D eigenvalue weighted by Crippen LogP contribution is 2.20. The van der Waals surface area contributed by atoms with Crippen LogP contribution >= 0.6 is 11.6 Å². The lowest BCUT2D eigenvalue weighted by molar-refractivity contribution is -0.137. The second-order valence-electron chi connectivity index (χ2n) is 5.89. The Hall–Kier alpha value is -1.26. The lowest BCUT2D eigenvalue weighted by Crippen LogP contribution is -2.49. The van der Waals surface area contributed by atoms with E-state index >= 15 is 0 Å². The average Bonchev–Trinajstić information content (AvgIpc) is 2.50. The average molecular weight is 395 g/mol. The first-order valence-electron chi connectivity index (χ1n) is 7.60. The molecule has 140 valence electrons. The zero-order valence-electron chi connectivity index (χ0n) is 13.7. The van der Waals surface area contributed by atoms with Gasteiger partial charge in [0, 0.05) is 31.7 Å². The van der Waals surface area contributed by atoms with Crippen LogP contribution in [0.1, 0.15) is 5.56 Å². The Balaban J connectivity index is 2.02. The second-order valence-corrected chi connectivity index (χ2v) is 8.28. The minimum atomic E-state index is -3.67. The summed E-state index contributed by atoms with van der Waals surface area (Å²) in [6.45, 7) is 0.876. The summed E-state index contributed by atoms with van der Waals surface area (Å²) in [4.78, 5) is 12.8. The third kappa shape index (κ3) is 5.89. The van der Waals surface area contributed by atoms with E-state index in [1.165, 1.54) is 6.07 Å². The molecule has 0 aliphatic carbocycles. The van der Waals surface area contributed by atoms with Crippen LogP contribution in [0, 0.1) is 5.82 Å². The molecule has 0 radical (unpaired) electrons. The highest BCUT2D eigenvalue weighted by Gasteiger charge is 2.28. The topological polar surface area (TPSA) is 87.2 Å². The Bertz CT molecular complexity index is 731. The molecular formula is C15H20ClFN2O5S. The molecule has 0 bridgehead atoms. The SMILES string of the molecule is CS(=O)(=O)N(CC(=O)O)CC1CN(Cc2cccc(Cl)c2F)CCO1. The number of ether oxygens (including phenoxy) is 1. The van der Waals surface area contributed by atoms with Crippen molar-refractivity contribution in [2.24, 2.45) is 0 Å². The summed E-state index contributed by atoms with van der Waals surface area (Å²) in [7, 11) is -3.67. The fourth-order valence-electron chi connectivity index (χ4n) is 2.64. The molecule has 1 aromatic rings. The van der Waals surface area contributed by atoms with Gasteiger partial charge in [0.05, 0.1) is 24.0 Å². The lowest BCUT2D eigenvalue weighted by atomic mass is 10.1. The molecule has 1 unspecified atom stereocenters. The first-order chi connectivity index (χ1) is 11.7. The van der Waals surface area contributed by atoms with Gasteiger partial charge < -0.3 is 9.84 Å². The Labute approximate surface area is 151 Å². The van der Waals surface area contributed by atoms with Crippen LogP contribution in [0.25, 0.3) is 0 Å². The molecule has 1 aliphatic rings. The zero-order chi connectivity index (χ0) is 18.6. The number of carbonyl (C=O) groups is 1.